The molecule has 0 N–H and O–H groups in total. The summed E-state index contributed by atoms with van der Waals surface area (Å²) >= 11 is 7.40. The summed E-state index contributed by atoms with van der Waals surface area (Å²) in [5.41, 5.74) is 2.90. The minimum absolute atomic E-state index is 0. The summed E-state index contributed by atoms with van der Waals surface area (Å²) in [7, 11) is 0. The first-order valence-corrected chi connectivity index (χ1v) is 15.8. The van der Waals surface area contributed by atoms with E-state index in [4.69, 9.17) is 29.8 Å². The SMILES string of the molecule is CC(F)(F)CCOCc1ccnc(-c2cc(COCC(F)(F)CC(F)(F)F)ccn2)c1.O=COc1ccnc(-c2cc(OC=O)ccn2)c1.[N-]=C=S.[N-]=C=S.[Ru+2]. The van der Waals surface area contributed by atoms with E-state index >= 15 is 0 Å². The summed E-state index contributed by atoms with van der Waals surface area (Å²) in [6.07, 6.45) is -1.81. The number of rotatable bonds is 16. The minimum atomic E-state index is -4.99. The number of isothiocyanates is 2. The van der Waals surface area contributed by atoms with Crippen LogP contribution >= 0.6 is 24.4 Å². The standard InChI is InChI=1S/C20H21F7N2O2.C12H8N2O4.2CNS.Ru/c1-18(21,22)4-7-30-10-14-2-5-28-16(8-14)17-9-15(3-6-29-17)11-31-13-19(23,24)12-20(25,26)27;15-7-17-9-1-3-13-11(5-9)12-6-10(18-8-16)2-4-14-12;2*2-1-3;/h2-3,5-6,8-9H,4,7,10-13H2,1H3;1-8H;;;/q;;2*-1;+2. The number of aromatic nitrogens is 4. The molecule has 22 heteroatoms. The molecule has 0 atom stereocenters. The van der Waals surface area contributed by atoms with Crippen molar-refractivity contribution in [3.8, 4) is 34.3 Å². The predicted octanol–water partition coefficient (Wildman–Crippen LogP) is 8.34. The Labute approximate surface area is 339 Å². The fraction of sp³-hybridized carbons (Fsp3) is 0.294. The molecular weight excluding hydrogens is 887 g/mol. The van der Waals surface area contributed by atoms with Crippen LogP contribution in [0.15, 0.2) is 73.3 Å². The third-order valence-corrected chi connectivity index (χ3v) is 6.00. The number of nitrogens with zero attached hydrogens (tertiary/aromatic N) is 6. The zero-order valence-corrected chi connectivity index (χ0v) is 32.1. The van der Waals surface area contributed by atoms with Crippen molar-refractivity contribution in [3.63, 3.8) is 0 Å². The first-order valence-electron chi connectivity index (χ1n) is 15.0. The van der Waals surface area contributed by atoms with Crippen molar-refractivity contribution in [1.29, 1.82) is 0 Å². The number of carbonyl (C=O) groups excluding carboxylic acids is 2. The largest absolute Gasteiger partial charge is 2.00 e. The number of hydrogen-bond acceptors (Lipinski definition) is 12. The van der Waals surface area contributed by atoms with E-state index in [9.17, 15) is 40.3 Å². The topological polar surface area (TPSA) is 167 Å². The zero-order valence-electron chi connectivity index (χ0n) is 28.8. The van der Waals surface area contributed by atoms with Crippen LogP contribution in [-0.4, -0.2) is 74.4 Å². The minimum Gasteiger partial charge on any atom is -0.753 e. The molecule has 0 saturated heterocycles. The molecule has 0 saturated carbocycles. The second-order valence-corrected chi connectivity index (χ2v) is 10.8. The van der Waals surface area contributed by atoms with Crippen LogP contribution in [0.5, 0.6) is 11.5 Å². The van der Waals surface area contributed by atoms with Crippen molar-refractivity contribution in [1.82, 2.24) is 19.9 Å². The second kappa shape index (κ2) is 26.9. The Balaban J connectivity index is 0.00000102. The maximum absolute atomic E-state index is 13.3. The monoisotopic (exact) mass is 916 g/mol. The van der Waals surface area contributed by atoms with Crippen molar-refractivity contribution in [2.24, 2.45) is 0 Å². The molecular formula is C34H29F7N6O6RuS2. The second-order valence-electron chi connectivity index (χ2n) is 10.5. The number of thiocarbonyl (C=S) groups is 2. The first kappa shape index (κ1) is 51.2. The summed E-state index contributed by atoms with van der Waals surface area (Å²) in [5.74, 6) is -6.12. The fourth-order valence-electron chi connectivity index (χ4n) is 3.87. The van der Waals surface area contributed by atoms with E-state index in [2.05, 4.69) is 44.4 Å². The molecule has 4 aromatic rings. The van der Waals surface area contributed by atoms with Gasteiger partial charge in [-0.25, -0.2) is 17.6 Å². The zero-order chi connectivity index (χ0) is 41.3. The van der Waals surface area contributed by atoms with Gasteiger partial charge in [0.05, 0.1) is 42.6 Å². The van der Waals surface area contributed by atoms with Crippen LogP contribution in [0.25, 0.3) is 33.6 Å². The van der Waals surface area contributed by atoms with Crippen molar-refractivity contribution < 1.29 is 78.7 Å². The number of halogens is 7. The molecule has 0 unspecified atom stereocenters. The predicted molar refractivity (Wildman–Crippen MR) is 190 cm³/mol. The van der Waals surface area contributed by atoms with Crippen LogP contribution in [0.3, 0.4) is 0 Å². The van der Waals surface area contributed by atoms with E-state index in [1.807, 2.05) is 0 Å². The molecule has 0 spiro atoms. The molecule has 300 valence electrons. The summed E-state index contributed by atoms with van der Waals surface area (Å²) in [5, 5.41) is 16.9. The Bertz CT molecular complexity index is 1800. The molecule has 4 aromatic heterocycles. The van der Waals surface area contributed by atoms with Crippen LogP contribution in [0.4, 0.5) is 30.7 Å². The number of hydrogen-bond donors (Lipinski definition) is 0. The number of pyridine rings is 4. The molecule has 0 amide bonds. The van der Waals surface area contributed by atoms with E-state index in [0.717, 1.165) is 6.92 Å². The van der Waals surface area contributed by atoms with Crippen molar-refractivity contribution in [2.75, 3.05) is 13.2 Å². The number of ether oxygens (including phenoxy) is 4. The van der Waals surface area contributed by atoms with Gasteiger partial charge in [0.2, 0.25) is 5.92 Å². The van der Waals surface area contributed by atoms with Crippen molar-refractivity contribution in [2.45, 2.75) is 51.0 Å². The van der Waals surface area contributed by atoms with E-state index < -0.39 is 37.5 Å². The normalized spacial score (nSPS) is 10.5. The van der Waals surface area contributed by atoms with Crippen molar-refractivity contribution >= 4 is 47.7 Å². The first-order chi connectivity index (χ1) is 26.0. The Morgan fingerprint density at radius 2 is 1.05 bits per heavy atom. The van der Waals surface area contributed by atoms with Gasteiger partial charge in [0.25, 0.3) is 18.9 Å². The van der Waals surface area contributed by atoms with Crippen molar-refractivity contribution in [3.05, 3.63) is 95.3 Å². The third-order valence-electron chi connectivity index (χ3n) is 6.00. The van der Waals surface area contributed by atoms with Gasteiger partial charge in [-0.05, 0) is 54.4 Å². The van der Waals surface area contributed by atoms with Gasteiger partial charge < -0.3 is 29.8 Å². The molecule has 0 radical (unpaired) electrons. The Morgan fingerprint density at radius 3 is 1.43 bits per heavy atom. The molecule has 12 nitrogen and oxygen atoms in total. The van der Waals surface area contributed by atoms with Gasteiger partial charge in [0.15, 0.2) is 0 Å². The van der Waals surface area contributed by atoms with E-state index in [-0.39, 0.29) is 39.3 Å². The molecule has 4 rings (SSSR count). The smallest absolute Gasteiger partial charge is 0.753 e. The summed E-state index contributed by atoms with van der Waals surface area (Å²) in [6.45, 7) is -0.269. The quantitative estimate of drug-likeness (QED) is 0.0264. The van der Waals surface area contributed by atoms with E-state index in [0.29, 0.717) is 58.3 Å². The summed E-state index contributed by atoms with van der Waals surface area (Å²) < 4.78 is 108. The Morgan fingerprint density at radius 1 is 0.679 bits per heavy atom. The Kier molecular flexibility index (Phi) is 24.6. The molecule has 4 heterocycles. The van der Waals surface area contributed by atoms with Gasteiger partial charge >= 0.3 is 25.7 Å². The van der Waals surface area contributed by atoms with E-state index in [1.54, 1.807) is 36.4 Å². The van der Waals surface area contributed by atoms with Crippen LogP contribution in [-0.2, 0) is 51.8 Å². The molecule has 0 aromatic carbocycles. The van der Waals surface area contributed by atoms with Crippen LogP contribution in [0, 0.1) is 0 Å². The Hall–Kier alpha value is -4.81. The maximum Gasteiger partial charge on any atom is 2.00 e. The number of carbonyl (C=O) groups is 2. The molecule has 0 aliphatic rings. The summed E-state index contributed by atoms with van der Waals surface area (Å²) in [6, 6.07) is 12.5. The molecule has 0 aliphatic carbocycles. The van der Waals surface area contributed by atoms with Crippen LogP contribution in [0.1, 0.15) is 30.9 Å². The van der Waals surface area contributed by atoms with Crippen LogP contribution in [0.2, 0.25) is 0 Å². The third kappa shape index (κ3) is 23.2. The fourth-order valence-corrected chi connectivity index (χ4v) is 3.87. The molecule has 0 fully saturated rings. The van der Waals surface area contributed by atoms with Gasteiger partial charge in [0, 0.05) is 43.3 Å². The van der Waals surface area contributed by atoms with Gasteiger partial charge in [-0.3, -0.25) is 29.5 Å². The van der Waals surface area contributed by atoms with E-state index in [1.165, 1.54) is 47.2 Å². The average Bonchev–Trinajstić information content (AvgIpc) is 3.11. The maximum atomic E-state index is 13.3. The number of alkyl halides is 7. The van der Waals surface area contributed by atoms with Gasteiger partial charge in [-0.1, -0.05) is 24.4 Å². The van der Waals surface area contributed by atoms with Crippen LogP contribution < -0.4 is 9.47 Å². The average molecular weight is 916 g/mol. The summed E-state index contributed by atoms with van der Waals surface area (Å²) in [4.78, 5) is 37.0. The van der Waals surface area contributed by atoms with Gasteiger partial charge in [-0.2, -0.15) is 23.5 Å². The molecule has 0 bridgehead atoms. The molecule has 0 aliphatic heterocycles. The van der Waals surface area contributed by atoms with Gasteiger partial charge in [-0.15, -0.1) is 0 Å². The molecule has 56 heavy (non-hydrogen) atoms. The van der Waals surface area contributed by atoms with Gasteiger partial charge in [0.1, 0.15) is 24.5 Å².